The summed E-state index contributed by atoms with van der Waals surface area (Å²) in [7, 11) is 1.30. The number of hydrogen-bond acceptors (Lipinski definition) is 7. The zero-order valence-electron chi connectivity index (χ0n) is 18.1. The van der Waals surface area contributed by atoms with Crippen LogP contribution in [0, 0.1) is 0 Å². The second kappa shape index (κ2) is 8.92. The SMILES string of the molecule is COC(=O)c1ccc(N2C(=O)C[C@@H](N3CCN(c4ccc(C(C)=O)cc4)CC3)C2=O)cc1. The molecule has 2 aromatic rings. The van der Waals surface area contributed by atoms with Gasteiger partial charge in [-0.1, -0.05) is 0 Å². The molecule has 2 heterocycles. The van der Waals surface area contributed by atoms with Crippen molar-refractivity contribution in [3.63, 3.8) is 0 Å². The number of ketones is 1. The van der Waals surface area contributed by atoms with Gasteiger partial charge in [0.2, 0.25) is 5.91 Å². The monoisotopic (exact) mass is 435 g/mol. The standard InChI is InChI=1S/C24H25N3O5/c1-16(28)17-3-7-19(8-4-17)25-11-13-26(14-12-25)21-15-22(29)27(23(21)30)20-9-5-18(6-10-20)24(31)32-2/h3-10,21H,11-15H2,1-2H3/t21-/m1/s1. The van der Waals surface area contributed by atoms with E-state index in [2.05, 4.69) is 14.5 Å². The predicted octanol–water partition coefficient (Wildman–Crippen LogP) is 2.13. The van der Waals surface area contributed by atoms with E-state index in [-0.39, 0.29) is 24.0 Å². The van der Waals surface area contributed by atoms with E-state index in [1.165, 1.54) is 12.0 Å². The first-order valence-electron chi connectivity index (χ1n) is 10.5. The number of carbonyl (C=O) groups is 4. The molecule has 2 aliphatic rings. The largest absolute Gasteiger partial charge is 0.465 e. The number of esters is 1. The highest BCUT2D eigenvalue weighted by atomic mass is 16.5. The Kier molecular flexibility index (Phi) is 6.05. The lowest BCUT2D eigenvalue weighted by molar-refractivity contribution is -0.123. The van der Waals surface area contributed by atoms with Crippen LogP contribution in [0.4, 0.5) is 11.4 Å². The van der Waals surface area contributed by atoms with Gasteiger partial charge in [-0.25, -0.2) is 9.69 Å². The van der Waals surface area contributed by atoms with Gasteiger partial charge in [0, 0.05) is 37.4 Å². The maximum atomic E-state index is 13.1. The third kappa shape index (κ3) is 4.13. The highest BCUT2D eigenvalue weighted by Crippen LogP contribution is 2.27. The van der Waals surface area contributed by atoms with Crippen LogP contribution >= 0.6 is 0 Å². The smallest absolute Gasteiger partial charge is 0.337 e. The van der Waals surface area contributed by atoms with Crippen LogP contribution in [0.15, 0.2) is 48.5 Å². The van der Waals surface area contributed by atoms with Gasteiger partial charge in [0.05, 0.1) is 30.8 Å². The van der Waals surface area contributed by atoms with E-state index < -0.39 is 12.0 Å². The first-order chi connectivity index (χ1) is 15.4. The van der Waals surface area contributed by atoms with Crippen LogP contribution in [-0.4, -0.2) is 67.8 Å². The van der Waals surface area contributed by atoms with Crippen LogP contribution in [-0.2, 0) is 14.3 Å². The van der Waals surface area contributed by atoms with Crippen molar-refractivity contribution in [1.29, 1.82) is 0 Å². The van der Waals surface area contributed by atoms with Crippen molar-refractivity contribution in [3.8, 4) is 0 Å². The lowest BCUT2D eigenvalue weighted by Gasteiger charge is -2.38. The molecule has 2 aliphatic heterocycles. The van der Waals surface area contributed by atoms with Crippen molar-refractivity contribution in [2.24, 2.45) is 0 Å². The summed E-state index contributed by atoms with van der Waals surface area (Å²) in [6, 6.07) is 13.3. The molecule has 0 bridgehead atoms. The summed E-state index contributed by atoms with van der Waals surface area (Å²) >= 11 is 0. The topological polar surface area (TPSA) is 87.2 Å². The van der Waals surface area contributed by atoms with Gasteiger partial charge in [0.1, 0.15) is 0 Å². The number of hydrogen-bond donors (Lipinski definition) is 0. The van der Waals surface area contributed by atoms with Gasteiger partial charge in [-0.05, 0) is 55.5 Å². The number of carbonyl (C=O) groups excluding carboxylic acids is 4. The van der Waals surface area contributed by atoms with E-state index in [0.29, 0.717) is 29.9 Å². The molecule has 4 rings (SSSR count). The summed E-state index contributed by atoms with van der Waals surface area (Å²) in [6.45, 7) is 4.32. The number of ether oxygens (including phenoxy) is 1. The fourth-order valence-corrected chi connectivity index (χ4v) is 4.24. The van der Waals surface area contributed by atoms with Gasteiger partial charge in [-0.2, -0.15) is 0 Å². The lowest BCUT2D eigenvalue weighted by Crippen LogP contribution is -2.52. The molecule has 8 nitrogen and oxygen atoms in total. The fraction of sp³-hybridized carbons (Fsp3) is 0.333. The fourth-order valence-electron chi connectivity index (χ4n) is 4.24. The van der Waals surface area contributed by atoms with Gasteiger partial charge in [0.25, 0.3) is 5.91 Å². The quantitative estimate of drug-likeness (QED) is 0.404. The minimum absolute atomic E-state index is 0.0373. The molecule has 0 aliphatic carbocycles. The van der Waals surface area contributed by atoms with Crippen molar-refractivity contribution in [1.82, 2.24) is 4.90 Å². The summed E-state index contributed by atoms with van der Waals surface area (Å²) in [5, 5.41) is 0. The first-order valence-corrected chi connectivity index (χ1v) is 10.5. The third-order valence-corrected chi connectivity index (χ3v) is 6.06. The number of anilines is 2. The number of rotatable bonds is 5. The molecule has 1 atom stereocenters. The van der Waals surface area contributed by atoms with Crippen LogP contribution < -0.4 is 9.80 Å². The lowest BCUT2D eigenvalue weighted by atomic mass is 10.1. The van der Waals surface area contributed by atoms with E-state index in [4.69, 9.17) is 0 Å². The zero-order valence-corrected chi connectivity index (χ0v) is 18.1. The van der Waals surface area contributed by atoms with Crippen LogP contribution in [0.25, 0.3) is 0 Å². The summed E-state index contributed by atoms with van der Waals surface area (Å²) in [5.41, 5.74) is 2.54. The Labute approximate surface area is 186 Å². The minimum atomic E-state index is -0.481. The molecule has 2 aromatic carbocycles. The Hall–Kier alpha value is -3.52. The highest BCUT2D eigenvalue weighted by molar-refractivity contribution is 6.22. The summed E-state index contributed by atoms with van der Waals surface area (Å²) in [6.07, 6.45) is 0.144. The number of piperazine rings is 1. The molecule has 2 saturated heterocycles. The highest BCUT2D eigenvalue weighted by Gasteiger charge is 2.43. The molecule has 8 heteroatoms. The Bertz CT molecular complexity index is 1040. The van der Waals surface area contributed by atoms with Crippen molar-refractivity contribution >= 4 is 34.9 Å². The molecular formula is C24H25N3O5. The number of nitrogens with zero attached hydrogens (tertiary/aromatic N) is 3. The normalized spacial score (nSPS) is 19.4. The van der Waals surface area contributed by atoms with Gasteiger partial charge < -0.3 is 9.64 Å². The minimum Gasteiger partial charge on any atom is -0.465 e. The van der Waals surface area contributed by atoms with Crippen LogP contribution in [0.2, 0.25) is 0 Å². The van der Waals surface area contributed by atoms with Gasteiger partial charge >= 0.3 is 5.97 Å². The molecular weight excluding hydrogens is 410 g/mol. The second-order valence-corrected chi connectivity index (χ2v) is 7.95. The van der Waals surface area contributed by atoms with Gasteiger partial charge in [0.15, 0.2) is 5.78 Å². The van der Waals surface area contributed by atoms with Gasteiger partial charge in [-0.3, -0.25) is 19.3 Å². The Morgan fingerprint density at radius 3 is 1.97 bits per heavy atom. The van der Waals surface area contributed by atoms with Crippen molar-refractivity contribution in [2.75, 3.05) is 43.1 Å². The molecule has 2 amide bonds. The van der Waals surface area contributed by atoms with E-state index in [0.717, 1.165) is 18.8 Å². The van der Waals surface area contributed by atoms with Crippen LogP contribution in [0.1, 0.15) is 34.1 Å². The molecule has 32 heavy (non-hydrogen) atoms. The third-order valence-electron chi connectivity index (χ3n) is 6.06. The van der Waals surface area contributed by atoms with Crippen molar-refractivity contribution in [3.05, 3.63) is 59.7 Å². The average Bonchev–Trinajstić information content (AvgIpc) is 3.12. The zero-order chi connectivity index (χ0) is 22.8. The van der Waals surface area contributed by atoms with Crippen LogP contribution in [0.3, 0.4) is 0 Å². The molecule has 2 fully saturated rings. The number of methoxy groups -OCH3 is 1. The maximum absolute atomic E-state index is 13.1. The van der Waals surface area contributed by atoms with E-state index in [1.54, 1.807) is 31.2 Å². The van der Waals surface area contributed by atoms with Crippen molar-refractivity contribution < 1.29 is 23.9 Å². The molecule has 166 valence electrons. The molecule has 0 radical (unpaired) electrons. The number of benzene rings is 2. The predicted molar refractivity (Wildman–Crippen MR) is 119 cm³/mol. The Morgan fingerprint density at radius 1 is 0.844 bits per heavy atom. The molecule has 0 N–H and O–H groups in total. The van der Waals surface area contributed by atoms with E-state index in [1.807, 2.05) is 24.3 Å². The second-order valence-electron chi connectivity index (χ2n) is 7.95. The number of Topliss-reactive ketones (excluding diaryl/α,β-unsaturated/α-hetero) is 1. The van der Waals surface area contributed by atoms with E-state index >= 15 is 0 Å². The summed E-state index contributed by atoms with van der Waals surface area (Å²) in [5.74, 6) is -0.911. The Morgan fingerprint density at radius 2 is 1.41 bits per heavy atom. The molecule has 0 aromatic heterocycles. The van der Waals surface area contributed by atoms with Crippen LogP contribution in [0.5, 0.6) is 0 Å². The molecule has 0 spiro atoms. The molecule has 0 unspecified atom stereocenters. The number of imide groups is 1. The summed E-state index contributed by atoms with van der Waals surface area (Å²) < 4.78 is 4.69. The summed E-state index contributed by atoms with van der Waals surface area (Å²) in [4.78, 5) is 54.3. The maximum Gasteiger partial charge on any atom is 0.337 e. The number of amides is 2. The van der Waals surface area contributed by atoms with E-state index in [9.17, 15) is 19.2 Å². The molecule has 0 saturated carbocycles. The van der Waals surface area contributed by atoms with Crippen molar-refractivity contribution in [2.45, 2.75) is 19.4 Å². The Balaban J connectivity index is 1.40. The van der Waals surface area contributed by atoms with Gasteiger partial charge in [-0.15, -0.1) is 0 Å². The average molecular weight is 435 g/mol. The first kappa shape index (κ1) is 21.7.